The Labute approximate surface area is 63.7 Å². The van der Waals surface area contributed by atoms with Crippen LogP contribution < -0.4 is 0 Å². The summed E-state index contributed by atoms with van der Waals surface area (Å²) in [5.41, 5.74) is 0.993. The molecule has 0 aliphatic heterocycles. The number of aromatic nitrogens is 1. The molecule has 1 N–H and O–H groups in total. The molecule has 1 aromatic rings. The molecule has 1 rings (SSSR count). The lowest BCUT2D eigenvalue weighted by Gasteiger charge is -1.92. The highest BCUT2D eigenvalue weighted by atomic mass is 35.5. The van der Waals surface area contributed by atoms with Crippen LogP contribution in [-0.2, 0) is 0 Å². The minimum Gasteiger partial charge on any atom is -0.350 e. The second kappa shape index (κ2) is 2.50. The van der Waals surface area contributed by atoms with Gasteiger partial charge in [-0.1, -0.05) is 23.8 Å². The first-order valence-corrected chi connectivity index (χ1v) is 3.33. The molecule has 0 unspecified atom stereocenters. The lowest BCUT2D eigenvalue weighted by atomic mass is 10.4. The third kappa shape index (κ3) is 1.80. The van der Waals surface area contributed by atoms with Gasteiger partial charge in [0.05, 0.1) is 0 Å². The van der Waals surface area contributed by atoms with Crippen LogP contribution in [0.2, 0.25) is 5.15 Å². The average molecular weight is 160 g/mol. The molecule has 1 heterocycles. The van der Waals surface area contributed by atoms with Crippen LogP contribution in [0, 0.1) is 11.4 Å². The Balaban J connectivity index is 3.33. The zero-order valence-electron chi connectivity index (χ0n) is 4.94. The number of aromatic amines is 1. The van der Waals surface area contributed by atoms with Crippen molar-refractivity contribution in [2.45, 2.75) is 6.92 Å². The average Bonchev–Trinajstić information content (AvgIpc) is 1.59. The Kier molecular flexibility index (Phi) is 1.88. The molecular formula is C6H6ClNS. The summed E-state index contributed by atoms with van der Waals surface area (Å²) in [5, 5.41) is 0.597. The molecule has 0 aromatic carbocycles. The van der Waals surface area contributed by atoms with Crippen LogP contribution in [0.3, 0.4) is 0 Å². The number of nitrogens with one attached hydrogen (secondary N) is 1. The Bertz CT molecular complexity index is 243. The number of rotatable bonds is 0. The first kappa shape index (κ1) is 6.78. The fraction of sp³-hybridized carbons (Fsp3) is 0.167. The van der Waals surface area contributed by atoms with E-state index in [2.05, 4.69) is 4.98 Å². The van der Waals surface area contributed by atoms with Crippen LogP contribution in [0.1, 0.15) is 5.69 Å². The summed E-state index contributed by atoms with van der Waals surface area (Å²) >= 11 is 10.5. The monoisotopic (exact) mass is 159 g/mol. The van der Waals surface area contributed by atoms with E-state index in [1.807, 2.05) is 13.0 Å². The van der Waals surface area contributed by atoms with Crippen molar-refractivity contribution in [3.8, 4) is 0 Å². The molecule has 3 heteroatoms. The van der Waals surface area contributed by atoms with Crippen molar-refractivity contribution in [3.05, 3.63) is 27.5 Å². The molecule has 48 valence electrons. The normalized spacial score (nSPS) is 9.56. The third-order valence-electron chi connectivity index (χ3n) is 0.944. The van der Waals surface area contributed by atoms with E-state index in [4.69, 9.17) is 23.8 Å². The largest absolute Gasteiger partial charge is 0.350 e. The summed E-state index contributed by atoms with van der Waals surface area (Å²) < 4.78 is 0.774. The quantitative estimate of drug-likeness (QED) is 0.455. The highest BCUT2D eigenvalue weighted by Gasteiger charge is 1.86. The van der Waals surface area contributed by atoms with Crippen LogP contribution in [0.15, 0.2) is 12.1 Å². The van der Waals surface area contributed by atoms with E-state index in [0.29, 0.717) is 5.15 Å². The maximum atomic E-state index is 5.63. The van der Waals surface area contributed by atoms with Gasteiger partial charge in [-0.2, -0.15) is 0 Å². The third-order valence-corrected chi connectivity index (χ3v) is 1.38. The van der Waals surface area contributed by atoms with Crippen molar-refractivity contribution in [1.29, 1.82) is 0 Å². The predicted molar refractivity (Wildman–Crippen MR) is 41.4 cm³/mol. The molecule has 9 heavy (non-hydrogen) atoms. The summed E-state index contributed by atoms with van der Waals surface area (Å²) in [5.74, 6) is 0. The standard InChI is InChI=1S/C6H6ClNS/c1-4-2-5(9)3-6(7)8-4/h2-3H,1H3,(H,8,9). The second-order valence-electron chi connectivity index (χ2n) is 1.85. The van der Waals surface area contributed by atoms with Crippen LogP contribution in [0.5, 0.6) is 0 Å². The Morgan fingerprint density at radius 1 is 1.56 bits per heavy atom. The van der Waals surface area contributed by atoms with Gasteiger partial charge >= 0.3 is 0 Å². The molecule has 0 saturated carbocycles. The molecule has 0 saturated heterocycles. The maximum Gasteiger partial charge on any atom is 0.107 e. The van der Waals surface area contributed by atoms with E-state index < -0.39 is 0 Å². The molecule has 0 radical (unpaired) electrons. The first-order valence-electron chi connectivity index (χ1n) is 2.55. The van der Waals surface area contributed by atoms with Crippen molar-refractivity contribution in [2.24, 2.45) is 0 Å². The van der Waals surface area contributed by atoms with Crippen molar-refractivity contribution >= 4 is 23.8 Å². The summed E-state index contributed by atoms with van der Waals surface area (Å²) in [4.78, 5) is 2.91. The van der Waals surface area contributed by atoms with Crippen LogP contribution in [0.25, 0.3) is 0 Å². The number of halogens is 1. The molecule has 0 spiro atoms. The van der Waals surface area contributed by atoms with Gasteiger partial charge in [-0.15, -0.1) is 0 Å². The van der Waals surface area contributed by atoms with Gasteiger partial charge < -0.3 is 4.98 Å². The second-order valence-corrected chi connectivity index (χ2v) is 2.73. The van der Waals surface area contributed by atoms with E-state index in [1.54, 1.807) is 6.07 Å². The molecule has 0 atom stereocenters. The number of hydrogen-bond donors (Lipinski definition) is 1. The van der Waals surface area contributed by atoms with Crippen molar-refractivity contribution < 1.29 is 0 Å². The zero-order chi connectivity index (χ0) is 6.85. The summed E-state index contributed by atoms with van der Waals surface area (Å²) in [6, 6.07) is 3.57. The summed E-state index contributed by atoms with van der Waals surface area (Å²) in [7, 11) is 0. The van der Waals surface area contributed by atoms with Crippen molar-refractivity contribution in [3.63, 3.8) is 0 Å². The number of H-pyrrole nitrogens is 1. The van der Waals surface area contributed by atoms with E-state index in [9.17, 15) is 0 Å². The van der Waals surface area contributed by atoms with Gasteiger partial charge in [0.25, 0.3) is 0 Å². The highest BCUT2D eigenvalue weighted by Crippen LogP contribution is 2.05. The smallest absolute Gasteiger partial charge is 0.107 e. The van der Waals surface area contributed by atoms with Crippen molar-refractivity contribution in [2.75, 3.05) is 0 Å². The van der Waals surface area contributed by atoms with Gasteiger partial charge in [0.15, 0.2) is 0 Å². The number of hydrogen-bond acceptors (Lipinski definition) is 1. The van der Waals surface area contributed by atoms with Gasteiger partial charge in [0.1, 0.15) is 5.15 Å². The van der Waals surface area contributed by atoms with E-state index >= 15 is 0 Å². The number of aryl methyl sites for hydroxylation is 1. The molecule has 0 aliphatic rings. The minimum absolute atomic E-state index is 0.597. The fourth-order valence-corrected chi connectivity index (χ4v) is 1.27. The van der Waals surface area contributed by atoms with Crippen LogP contribution in [0.4, 0.5) is 0 Å². The Hall–Kier alpha value is -0.340. The molecule has 0 bridgehead atoms. The van der Waals surface area contributed by atoms with E-state index in [0.717, 1.165) is 10.2 Å². The van der Waals surface area contributed by atoms with Gasteiger partial charge in [-0.3, -0.25) is 0 Å². The molecule has 0 aliphatic carbocycles. The lowest BCUT2D eigenvalue weighted by Crippen LogP contribution is -1.78. The lowest BCUT2D eigenvalue weighted by molar-refractivity contribution is 1.20. The van der Waals surface area contributed by atoms with E-state index in [-0.39, 0.29) is 0 Å². The number of pyridine rings is 1. The molecule has 1 nitrogen and oxygen atoms in total. The molecule has 0 fully saturated rings. The van der Waals surface area contributed by atoms with Gasteiger partial charge in [0.2, 0.25) is 0 Å². The summed E-state index contributed by atoms with van der Waals surface area (Å²) in [6.45, 7) is 1.92. The molecule has 0 amide bonds. The summed E-state index contributed by atoms with van der Waals surface area (Å²) in [6.07, 6.45) is 0. The van der Waals surface area contributed by atoms with Crippen LogP contribution in [-0.4, -0.2) is 4.98 Å². The maximum absolute atomic E-state index is 5.63. The van der Waals surface area contributed by atoms with Crippen molar-refractivity contribution in [1.82, 2.24) is 4.98 Å². The Morgan fingerprint density at radius 3 is 2.67 bits per heavy atom. The van der Waals surface area contributed by atoms with Crippen LogP contribution >= 0.6 is 23.8 Å². The van der Waals surface area contributed by atoms with E-state index in [1.165, 1.54) is 0 Å². The molecule has 1 aromatic heterocycles. The SMILES string of the molecule is Cc1cc(=S)cc(Cl)[nH]1. The first-order chi connectivity index (χ1) is 4.18. The topological polar surface area (TPSA) is 15.8 Å². The zero-order valence-corrected chi connectivity index (χ0v) is 6.51. The Morgan fingerprint density at radius 2 is 2.22 bits per heavy atom. The molecular weight excluding hydrogens is 154 g/mol. The van der Waals surface area contributed by atoms with Gasteiger partial charge in [-0.05, 0) is 19.1 Å². The van der Waals surface area contributed by atoms with Gasteiger partial charge in [0, 0.05) is 10.2 Å². The fourth-order valence-electron chi connectivity index (χ4n) is 0.640. The predicted octanol–water partition coefficient (Wildman–Crippen LogP) is 2.71. The van der Waals surface area contributed by atoms with Gasteiger partial charge in [-0.25, -0.2) is 0 Å². The minimum atomic E-state index is 0.597. The highest BCUT2D eigenvalue weighted by molar-refractivity contribution is 7.71.